The van der Waals surface area contributed by atoms with E-state index in [4.69, 9.17) is 11.2 Å². The van der Waals surface area contributed by atoms with Crippen molar-refractivity contribution in [1.82, 2.24) is 5.32 Å². The zero-order valence-electron chi connectivity index (χ0n) is 10.7. The highest BCUT2D eigenvalue weighted by atomic mass is 16.5. The van der Waals surface area contributed by atoms with E-state index in [-0.39, 0.29) is 12.5 Å². The van der Waals surface area contributed by atoms with E-state index < -0.39 is 0 Å². The SMILES string of the molecule is C#CCNCC(=O)Nc1ccc(C)cc1OCC. The summed E-state index contributed by atoms with van der Waals surface area (Å²) in [6.45, 7) is 5.00. The molecule has 0 saturated carbocycles. The summed E-state index contributed by atoms with van der Waals surface area (Å²) in [5.41, 5.74) is 1.76. The molecule has 0 radical (unpaired) electrons. The highest BCUT2D eigenvalue weighted by Gasteiger charge is 2.07. The van der Waals surface area contributed by atoms with Crippen LogP contribution in [-0.2, 0) is 4.79 Å². The second-order valence-corrected chi connectivity index (χ2v) is 3.79. The van der Waals surface area contributed by atoms with Gasteiger partial charge in [-0.15, -0.1) is 6.42 Å². The van der Waals surface area contributed by atoms with Crippen molar-refractivity contribution in [2.24, 2.45) is 0 Å². The number of carbonyl (C=O) groups excluding carboxylic acids is 1. The Bertz CT molecular complexity index is 450. The van der Waals surface area contributed by atoms with Crippen LogP contribution in [0.5, 0.6) is 5.75 Å². The molecule has 4 nitrogen and oxygen atoms in total. The molecule has 1 aromatic carbocycles. The number of anilines is 1. The number of amides is 1. The van der Waals surface area contributed by atoms with Gasteiger partial charge in [0.15, 0.2) is 0 Å². The molecule has 4 heteroatoms. The first-order valence-electron chi connectivity index (χ1n) is 5.84. The molecule has 0 saturated heterocycles. The molecule has 0 unspecified atom stereocenters. The van der Waals surface area contributed by atoms with Crippen LogP contribution in [0.2, 0.25) is 0 Å². The maximum atomic E-state index is 11.6. The minimum Gasteiger partial charge on any atom is -0.492 e. The van der Waals surface area contributed by atoms with Crippen molar-refractivity contribution in [3.63, 3.8) is 0 Å². The van der Waals surface area contributed by atoms with Gasteiger partial charge in [-0.05, 0) is 31.5 Å². The van der Waals surface area contributed by atoms with Crippen molar-refractivity contribution in [1.29, 1.82) is 0 Å². The number of hydrogen-bond acceptors (Lipinski definition) is 3. The van der Waals surface area contributed by atoms with Crippen molar-refractivity contribution in [2.45, 2.75) is 13.8 Å². The summed E-state index contributed by atoms with van der Waals surface area (Å²) in [5, 5.41) is 5.62. The zero-order valence-corrected chi connectivity index (χ0v) is 10.7. The molecule has 0 fully saturated rings. The van der Waals surface area contributed by atoms with Gasteiger partial charge in [-0.1, -0.05) is 12.0 Å². The second-order valence-electron chi connectivity index (χ2n) is 3.79. The van der Waals surface area contributed by atoms with Crippen LogP contribution in [0.15, 0.2) is 18.2 Å². The average Bonchev–Trinajstić information content (AvgIpc) is 2.33. The maximum absolute atomic E-state index is 11.6. The fourth-order valence-corrected chi connectivity index (χ4v) is 1.45. The summed E-state index contributed by atoms with van der Waals surface area (Å²) in [4.78, 5) is 11.6. The molecule has 2 N–H and O–H groups in total. The summed E-state index contributed by atoms with van der Waals surface area (Å²) in [5.74, 6) is 2.95. The van der Waals surface area contributed by atoms with Crippen LogP contribution < -0.4 is 15.4 Å². The highest BCUT2D eigenvalue weighted by molar-refractivity contribution is 5.93. The Kier molecular flexibility index (Phi) is 5.75. The number of ether oxygens (including phenoxy) is 1. The van der Waals surface area contributed by atoms with Gasteiger partial charge in [-0.3, -0.25) is 10.1 Å². The fraction of sp³-hybridized carbons (Fsp3) is 0.357. The van der Waals surface area contributed by atoms with Crippen LogP contribution >= 0.6 is 0 Å². The summed E-state index contributed by atoms with van der Waals surface area (Å²) in [6.07, 6.45) is 5.08. The first-order valence-corrected chi connectivity index (χ1v) is 5.84. The number of benzene rings is 1. The smallest absolute Gasteiger partial charge is 0.238 e. The maximum Gasteiger partial charge on any atom is 0.238 e. The zero-order chi connectivity index (χ0) is 13.4. The van der Waals surface area contributed by atoms with Crippen LogP contribution in [0.1, 0.15) is 12.5 Å². The third-order valence-corrected chi connectivity index (χ3v) is 2.22. The lowest BCUT2D eigenvalue weighted by Crippen LogP contribution is -2.28. The molecular weight excluding hydrogens is 228 g/mol. The molecule has 1 amide bonds. The summed E-state index contributed by atoms with van der Waals surface area (Å²) < 4.78 is 5.48. The quantitative estimate of drug-likeness (QED) is 0.591. The van der Waals surface area contributed by atoms with Crippen molar-refractivity contribution in [3.05, 3.63) is 23.8 Å². The predicted molar refractivity (Wildman–Crippen MR) is 72.7 cm³/mol. The number of rotatable bonds is 6. The summed E-state index contributed by atoms with van der Waals surface area (Å²) >= 11 is 0. The van der Waals surface area contributed by atoms with Gasteiger partial charge >= 0.3 is 0 Å². The van der Waals surface area contributed by atoms with Crippen LogP contribution in [0, 0.1) is 19.3 Å². The van der Waals surface area contributed by atoms with Crippen LogP contribution in [-0.4, -0.2) is 25.6 Å². The van der Waals surface area contributed by atoms with E-state index in [9.17, 15) is 4.79 Å². The molecule has 0 spiro atoms. The van der Waals surface area contributed by atoms with Crippen molar-refractivity contribution in [2.75, 3.05) is 25.0 Å². The Labute approximate surface area is 108 Å². The monoisotopic (exact) mass is 246 g/mol. The van der Waals surface area contributed by atoms with Gasteiger partial charge in [0, 0.05) is 0 Å². The number of hydrogen-bond donors (Lipinski definition) is 2. The van der Waals surface area contributed by atoms with Gasteiger partial charge in [0.25, 0.3) is 0 Å². The molecule has 1 aromatic rings. The standard InChI is InChI=1S/C14H18N2O2/c1-4-8-15-10-14(17)16-12-7-6-11(3)9-13(12)18-5-2/h1,6-7,9,15H,5,8,10H2,2-3H3,(H,16,17). The van der Waals surface area contributed by atoms with E-state index in [1.165, 1.54) is 0 Å². The second kappa shape index (κ2) is 7.36. The van der Waals surface area contributed by atoms with Gasteiger partial charge in [0.05, 0.1) is 25.4 Å². The molecule has 0 aromatic heterocycles. The van der Waals surface area contributed by atoms with E-state index in [2.05, 4.69) is 16.6 Å². The lowest BCUT2D eigenvalue weighted by Gasteiger charge is -2.12. The van der Waals surface area contributed by atoms with Crippen LogP contribution in [0.25, 0.3) is 0 Å². The van der Waals surface area contributed by atoms with E-state index >= 15 is 0 Å². The van der Waals surface area contributed by atoms with Gasteiger partial charge in [0.1, 0.15) is 5.75 Å². The van der Waals surface area contributed by atoms with Gasteiger partial charge < -0.3 is 10.1 Å². The molecule has 96 valence electrons. The van der Waals surface area contributed by atoms with Crippen molar-refractivity contribution in [3.8, 4) is 18.1 Å². The van der Waals surface area contributed by atoms with E-state index in [1.54, 1.807) is 0 Å². The van der Waals surface area contributed by atoms with E-state index in [0.717, 1.165) is 5.56 Å². The van der Waals surface area contributed by atoms with Gasteiger partial charge in [-0.2, -0.15) is 0 Å². The molecule has 0 aliphatic carbocycles. The van der Waals surface area contributed by atoms with E-state index in [0.29, 0.717) is 24.6 Å². The minimum absolute atomic E-state index is 0.143. The molecule has 1 rings (SSSR count). The average molecular weight is 246 g/mol. The van der Waals surface area contributed by atoms with Gasteiger partial charge in [-0.25, -0.2) is 0 Å². The summed E-state index contributed by atoms with van der Waals surface area (Å²) in [6, 6.07) is 5.65. The number of aryl methyl sites for hydroxylation is 1. The van der Waals surface area contributed by atoms with Crippen LogP contribution in [0.3, 0.4) is 0 Å². The minimum atomic E-state index is -0.143. The lowest BCUT2D eigenvalue weighted by atomic mass is 10.2. The molecule has 0 bridgehead atoms. The van der Waals surface area contributed by atoms with Crippen molar-refractivity contribution < 1.29 is 9.53 Å². The molecule has 0 aliphatic heterocycles. The van der Waals surface area contributed by atoms with Gasteiger partial charge in [0.2, 0.25) is 5.91 Å². The first-order chi connectivity index (χ1) is 8.67. The Balaban J connectivity index is 2.65. The number of carbonyl (C=O) groups is 1. The number of nitrogens with one attached hydrogen (secondary N) is 2. The molecular formula is C14H18N2O2. The fourth-order valence-electron chi connectivity index (χ4n) is 1.45. The molecule has 0 aliphatic rings. The Morgan fingerprint density at radius 2 is 2.28 bits per heavy atom. The molecule has 18 heavy (non-hydrogen) atoms. The number of terminal acetylenes is 1. The molecule has 0 atom stereocenters. The normalized spacial score (nSPS) is 9.61. The Morgan fingerprint density at radius 3 is 2.94 bits per heavy atom. The Morgan fingerprint density at radius 1 is 1.50 bits per heavy atom. The third-order valence-electron chi connectivity index (χ3n) is 2.22. The van der Waals surface area contributed by atoms with Crippen LogP contribution in [0.4, 0.5) is 5.69 Å². The largest absolute Gasteiger partial charge is 0.492 e. The highest BCUT2D eigenvalue weighted by Crippen LogP contribution is 2.25. The first kappa shape index (κ1) is 14.1. The van der Waals surface area contributed by atoms with Crippen molar-refractivity contribution >= 4 is 11.6 Å². The topological polar surface area (TPSA) is 50.4 Å². The summed E-state index contributed by atoms with van der Waals surface area (Å²) in [7, 11) is 0. The predicted octanol–water partition coefficient (Wildman–Crippen LogP) is 1.56. The lowest BCUT2D eigenvalue weighted by molar-refractivity contribution is -0.115. The molecule has 0 heterocycles. The van der Waals surface area contributed by atoms with E-state index in [1.807, 2.05) is 32.0 Å². The third kappa shape index (κ3) is 4.48. The Hall–Kier alpha value is -1.99.